The lowest BCUT2D eigenvalue weighted by atomic mass is 10.1. The molecule has 2 heterocycles. The molecule has 0 bridgehead atoms. The van der Waals surface area contributed by atoms with E-state index in [-0.39, 0.29) is 12.2 Å². The van der Waals surface area contributed by atoms with Gasteiger partial charge in [0.25, 0.3) is 0 Å². The molecule has 1 aromatic rings. The highest BCUT2D eigenvalue weighted by Crippen LogP contribution is 2.20. The van der Waals surface area contributed by atoms with Crippen molar-refractivity contribution in [2.45, 2.75) is 18.6 Å². The zero-order chi connectivity index (χ0) is 10.7. The normalized spacial score (nSPS) is 20.7. The Morgan fingerprint density at radius 3 is 3.07 bits per heavy atom. The molecule has 0 radical (unpaired) electrons. The van der Waals surface area contributed by atoms with Gasteiger partial charge in [0.05, 0.1) is 6.61 Å². The maximum Gasteiger partial charge on any atom is 0.404 e. The molecule has 1 fully saturated rings. The maximum absolute atomic E-state index is 10.7. The number of aromatic nitrogens is 1. The van der Waals surface area contributed by atoms with Gasteiger partial charge in [-0.15, -0.1) is 0 Å². The first kappa shape index (κ1) is 9.92. The Kier molecular flexibility index (Phi) is 2.82. The number of nitrogens with zero attached hydrogens (tertiary/aromatic N) is 1. The van der Waals surface area contributed by atoms with Crippen LogP contribution in [0.4, 0.5) is 4.79 Å². The van der Waals surface area contributed by atoms with E-state index in [1.807, 2.05) is 18.2 Å². The molecule has 0 saturated carbocycles. The van der Waals surface area contributed by atoms with E-state index in [1.54, 1.807) is 6.20 Å². The van der Waals surface area contributed by atoms with Crippen LogP contribution in [0.3, 0.4) is 0 Å². The van der Waals surface area contributed by atoms with E-state index in [0.29, 0.717) is 13.0 Å². The summed E-state index contributed by atoms with van der Waals surface area (Å²) < 4.78 is 10.0. The van der Waals surface area contributed by atoms with Gasteiger partial charge in [0.1, 0.15) is 12.2 Å². The van der Waals surface area contributed by atoms with E-state index in [4.69, 9.17) is 15.2 Å². The topological polar surface area (TPSA) is 77.7 Å². The van der Waals surface area contributed by atoms with Crippen LogP contribution in [0, 0.1) is 0 Å². The first-order valence-electron chi connectivity index (χ1n) is 4.73. The summed E-state index contributed by atoms with van der Waals surface area (Å²) in [5, 5.41) is 0. The summed E-state index contributed by atoms with van der Waals surface area (Å²) >= 11 is 0. The third-order valence-electron chi connectivity index (χ3n) is 2.18. The molecular weight excluding hydrogens is 196 g/mol. The SMILES string of the molecule is NC(=O)O[C@@H](Cc1ccccn1)[C@@H]1CO1. The van der Waals surface area contributed by atoms with Crippen molar-refractivity contribution in [3.8, 4) is 0 Å². The summed E-state index contributed by atoms with van der Waals surface area (Å²) in [6, 6.07) is 5.60. The van der Waals surface area contributed by atoms with Crippen molar-refractivity contribution in [3.05, 3.63) is 30.1 Å². The summed E-state index contributed by atoms with van der Waals surface area (Å²) in [6.07, 6.45) is 1.11. The Morgan fingerprint density at radius 1 is 1.73 bits per heavy atom. The van der Waals surface area contributed by atoms with E-state index in [0.717, 1.165) is 5.69 Å². The molecule has 1 amide bonds. The average molecular weight is 208 g/mol. The Hall–Kier alpha value is -1.62. The Bertz CT molecular complexity index is 338. The molecule has 1 saturated heterocycles. The van der Waals surface area contributed by atoms with Crippen molar-refractivity contribution < 1.29 is 14.3 Å². The van der Waals surface area contributed by atoms with Crippen LogP contribution in [-0.2, 0) is 15.9 Å². The second-order valence-corrected chi connectivity index (χ2v) is 3.37. The van der Waals surface area contributed by atoms with Gasteiger partial charge >= 0.3 is 6.09 Å². The Labute approximate surface area is 87.2 Å². The van der Waals surface area contributed by atoms with Crippen molar-refractivity contribution in [2.24, 2.45) is 5.73 Å². The monoisotopic (exact) mass is 208 g/mol. The zero-order valence-corrected chi connectivity index (χ0v) is 8.13. The molecule has 1 aliphatic heterocycles. The highest BCUT2D eigenvalue weighted by molar-refractivity contribution is 5.64. The van der Waals surface area contributed by atoms with E-state index in [1.165, 1.54) is 0 Å². The van der Waals surface area contributed by atoms with Crippen LogP contribution in [0.1, 0.15) is 5.69 Å². The predicted molar refractivity (Wildman–Crippen MR) is 52.1 cm³/mol. The van der Waals surface area contributed by atoms with Crippen molar-refractivity contribution in [2.75, 3.05) is 6.61 Å². The summed E-state index contributed by atoms with van der Waals surface area (Å²) in [6.45, 7) is 0.616. The molecule has 2 N–H and O–H groups in total. The van der Waals surface area contributed by atoms with Gasteiger partial charge in [0, 0.05) is 18.3 Å². The highest BCUT2D eigenvalue weighted by Gasteiger charge is 2.35. The number of carbonyl (C=O) groups excluding carboxylic acids is 1. The molecule has 1 aromatic heterocycles. The predicted octanol–water partition coefficient (Wildman–Crippen LogP) is 0.487. The number of ether oxygens (including phenoxy) is 2. The van der Waals surface area contributed by atoms with Crippen LogP contribution in [0.5, 0.6) is 0 Å². The van der Waals surface area contributed by atoms with Crippen molar-refractivity contribution in [1.82, 2.24) is 4.98 Å². The molecule has 5 nitrogen and oxygen atoms in total. The quantitative estimate of drug-likeness (QED) is 0.730. The van der Waals surface area contributed by atoms with Crippen molar-refractivity contribution in [3.63, 3.8) is 0 Å². The smallest absolute Gasteiger partial charge is 0.404 e. The molecule has 15 heavy (non-hydrogen) atoms. The van der Waals surface area contributed by atoms with Gasteiger partial charge in [-0.25, -0.2) is 4.79 Å². The zero-order valence-electron chi connectivity index (χ0n) is 8.13. The number of epoxide rings is 1. The highest BCUT2D eigenvalue weighted by atomic mass is 16.6. The molecule has 2 atom stereocenters. The Morgan fingerprint density at radius 2 is 2.53 bits per heavy atom. The largest absolute Gasteiger partial charge is 0.443 e. The first-order valence-corrected chi connectivity index (χ1v) is 4.73. The summed E-state index contributed by atoms with van der Waals surface area (Å²) in [7, 11) is 0. The van der Waals surface area contributed by atoms with Gasteiger partial charge in [0.15, 0.2) is 0 Å². The third kappa shape index (κ3) is 2.92. The van der Waals surface area contributed by atoms with Gasteiger partial charge in [-0.05, 0) is 12.1 Å². The first-order chi connectivity index (χ1) is 7.25. The van der Waals surface area contributed by atoms with Gasteiger partial charge in [-0.1, -0.05) is 6.07 Å². The van der Waals surface area contributed by atoms with E-state index in [9.17, 15) is 4.79 Å². The van der Waals surface area contributed by atoms with Gasteiger partial charge in [-0.3, -0.25) is 4.98 Å². The number of hydrogen-bond acceptors (Lipinski definition) is 4. The number of pyridine rings is 1. The second kappa shape index (κ2) is 4.27. The minimum absolute atomic E-state index is 0.0282. The summed E-state index contributed by atoms with van der Waals surface area (Å²) in [4.78, 5) is 14.8. The average Bonchev–Trinajstić information content (AvgIpc) is 3.01. The van der Waals surface area contributed by atoms with Crippen LogP contribution in [0.2, 0.25) is 0 Å². The fraction of sp³-hybridized carbons (Fsp3) is 0.400. The molecular formula is C10H12N2O3. The standard InChI is InChI=1S/C10H12N2O3/c11-10(13)15-8(9-6-14-9)5-7-3-1-2-4-12-7/h1-4,8-9H,5-6H2,(H2,11,13)/t8-,9-/m0/s1. The van der Waals surface area contributed by atoms with Crippen molar-refractivity contribution in [1.29, 1.82) is 0 Å². The lowest BCUT2D eigenvalue weighted by Crippen LogP contribution is -2.29. The van der Waals surface area contributed by atoms with Gasteiger partial charge in [-0.2, -0.15) is 0 Å². The number of amides is 1. The second-order valence-electron chi connectivity index (χ2n) is 3.37. The van der Waals surface area contributed by atoms with E-state index < -0.39 is 6.09 Å². The number of rotatable bonds is 4. The minimum atomic E-state index is -0.772. The fourth-order valence-electron chi connectivity index (χ4n) is 1.39. The Balaban J connectivity index is 1.97. The van der Waals surface area contributed by atoms with Crippen LogP contribution in [-0.4, -0.2) is 29.9 Å². The molecule has 80 valence electrons. The van der Waals surface area contributed by atoms with E-state index in [2.05, 4.69) is 4.98 Å². The summed E-state index contributed by atoms with van der Waals surface area (Å²) in [5.74, 6) is 0. The number of carbonyl (C=O) groups is 1. The lowest BCUT2D eigenvalue weighted by Gasteiger charge is -2.13. The van der Waals surface area contributed by atoms with Crippen LogP contribution in [0.25, 0.3) is 0 Å². The molecule has 0 spiro atoms. The summed E-state index contributed by atoms with van der Waals surface area (Å²) in [5.41, 5.74) is 5.84. The lowest BCUT2D eigenvalue weighted by molar-refractivity contribution is 0.0863. The molecule has 1 aliphatic rings. The minimum Gasteiger partial charge on any atom is -0.443 e. The van der Waals surface area contributed by atoms with Crippen LogP contribution < -0.4 is 5.73 Å². The number of hydrogen-bond donors (Lipinski definition) is 1. The van der Waals surface area contributed by atoms with Gasteiger partial charge < -0.3 is 15.2 Å². The van der Waals surface area contributed by atoms with Crippen LogP contribution >= 0.6 is 0 Å². The molecule has 2 rings (SSSR count). The van der Waals surface area contributed by atoms with E-state index >= 15 is 0 Å². The van der Waals surface area contributed by atoms with Crippen LogP contribution in [0.15, 0.2) is 24.4 Å². The molecule has 5 heteroatoms. The molecule has 0 aromatic carbocycles. The molecule has 0 unspecified atom stereocenters. The molecule has 0 aliphatic carbocycles. The number of primary amides is 1. The third-order valence-corrected chi connectivity index (χ3v) is 2.18. The fourth-order valence-corrected chi connectivity index (χ4v) is 1.39. The number of nitrogens with two attached hydrogens (primary N) is 1. The van der Waals surface area contributed by atoms with Gasteiger partial charge in [0.2, 0.25) is 0 Å². The maximum atomic E-state index is 10.7. The van der Waals surface area contributed by atoms with Crippen molar-refractivity contribution >= 4 is 6.09 Å².